The fraction of sp³-hybridized carbons (Fsp3) is 0.200. The molecule has 0 saturated carbocycles. The molecule has 6 heteroatoms. The molecule has 0 amide bonds. The molecule has 0 spiro atoms. The van der Waals surface area contributed by atoms with Crippen molar-refractivity contribution in [2.75, 3.05) is 5.32 Å². The lowest BCUT2D eigenvalue weighted by Crippen LogP contribution is -2.12. The van der Waals surface area contributed by atoms with Gasteiger partial charge in [0.15, 0.2) is 11.6 Å². The van der Waals surface area contributed by atoms with Crippen LogP contribution >= 0.6 is 15.9 Å². The molecule has 2 aromatic rings. The molecule has 1 atom stereocenters. The van der Waals surface area contributed by atoms with Crippen molar-refractivity contribution in [2.45, 2.75) is 19.4 Å². The predicted molar refractivity (Wildman–Crippen MR) is 78.8 cm³/mol. The highest BCUT2D eigenvalue weighted by Crippen LogP contribution is 2.33. The Labute approximate surface area is 128 Å². The van der Waals surface area contributed by atoms with Gasteiger partial charge >= 0.3 is 0 Å². The van der Waals surface area contributed by atoms with Crippen molar-refractivity contribution in [1.29, 1.82) is 0 Å². The molecule has 0 saturated heterocycles. The number of nitrogens with one attached hydrogen (secondary N) is 1. The Morgan fingerprint density at radius 2 is 1.90 bits per heavy atom. The van der Waals surface area contributed by atoms with Crippen molar-refractivity contribution < 1.29 is 18.3 Å². The number of aromatic hydroxyl groups is 1. The first-order chi connectivity index (χ1) is 9.92. The zero-order valence-electron chi connectivity index (χ0n) is 11.1. The molecule has 21 heavy (non-hydrogen) atoms. The monoisotopic (exact) mass is 359 g/mol. The summed E-state index contributed by atoms with van der Waals surface area (Å²) >= 11 is 3.28. The number of halogens is 4. The average Bonchev–Trinajstić information content (AvgIpc) is 2.44. The van der Waals surface area contributed by atoms with Gasteiger partial charge in [0.2, 0.25) is 0 Å². The van der Waals surface area contributed by atoms with E-state index in [9.17, 15) is 18.3 Å². The smallest absolute Gasteiger partial charge is 0.182 e. The predicted octanol–water partition coefficient (Wildman–Crippen LogP) is 5.14. The third-order valence-corrected chi connectivity index (χ3v) is 3.59. The van der Waals surface area contributed by atoms with Gasteiger partial charge in [-0.2, -0.15) is 0 Å². The largest absolute Gasteiger partial charge is 0.508 e. The summed E-state index contributed by atoms with van der Waals surface area (Å²) in [4.78, 5) is 0. The van der Waals surface area contributed by atoms with E-state index < -0.39 is 23.5 Å². The quantitative estimate of drug-likeness (QED) is 0.741. The van der Waals surface area contributed by atoms with E-state index in [1.807, 2.05) is 6.92 Å². The first-order valence-electron chi connectivity index (χ1n) is 6.31. The summed E-state index contributed by atoms with van der Waals surface area (Å²) in [6.45, 7) is 1.81. The molecule has 2 aromatic carbocycles. The second-order valence-electron chi connectivity index (χ2n) is 4.56. The number of hydrogen-bond donors (Lipinski definition) is 2. The van der Waals surface area contributed by atoms with Gasteiger partial charge in [0.1, 0.15) is 11.6 Å². The van der Waals surface area contributed by atoms with E-state index in [1.165, 1.54) is 6.07 Å². The Hall–Kier alpha value is -1.69. The van der Waals surface area contributed by atoms with Crippen LogP contribution in [0.2, 0.25) is 0 Å². The summed E-state index contributed by atoms with van der Waals surface area (Å²) < 4.78 is 40.9. The molecule has 0 fully saturated rings. The van der Waals surface area contributed by atoms with E-state index in [0.29, 0.717) is 18.1 Å². The van der Waals surface area contributed by atoms with Gasteiger partial charge in [-0.25, -0.2) is 13.2 Å². The minimum absolute atomic E-state index is 0.0230. The molecular formula is C15H13BrF3NO. The van der Waals surface area contributed by atoms with E-state index in [-0.39, 0.29) is 11.4 Å². The Morgan fingerprint density at radius 3 is 2.57 bits per heavy atom. The first kappa shape index (κ1) is 15.7. The summed E-state index contributed by atoms with van der Waals surface area (Å²) in [5, 5.41) is 12.6. The standard InChI is InChI=1S/C15H13BrF3NO/c1-2-12(10-5-8(16)3-4-14(10)21)20-13-7-9(17)6-11(18)15(13)19/h3-7,12,20-21H,2H2,1H3. The highest BCUT2D eigenvalue weighted by atomic mass is 79.9. The van der Waals surface area contributed by atoms with Crippen LogP contribution in [0.3, 0.4) is 0 Å². The summed E-state index contributed by atoms with van der Waals surface area (Å²) in [7, 11) is 0. The molecule has 2 rings (SSSR count). The Kier molecular flexibility index (Phi) is 4.77. The zero-order valence-corrected chi connectivity index (χ0v) is 12.7. The van der Waals surface area contributed by atoms with Gasteiger partial charge in [-0.05, 0) is 24.6 Å². The molecule has 2 N–H and O–H groups in total. The summed E-state index contributed by atoms with van der Waals surface area (Å²) in [6.07, 6.45) is 0.488. The molecular weight excluding hydrogens is 347 g/mol. The molecule has 0 heterocycles. The molecule has 1 unspecified atom stereocenters. The molecule has 2 nitrogen and oxygen atoms in total. The maximum absolute atomic E-state index is 13.7. The van der Waals surface area contributed by atoms with Gasteiger partial charge in [0.05, 0.1) is 11.7 Å². The van der Waals surface area contributed by atoms with Crippen LogP contribution in [0.4, 0.5) is 18.9 Å². The highest BCUT2D eigenvalue weighted by Gasteiger charge is 2.18. The fourth-order valence-corrected chi connectivity index (χ4v) is 2.43. The highest BCUT2D eigenvalue weighted by molar-refractivity contribution is 9.10. The number of hydrogen-bond acceptors (Lipinski definition) is 2. The lowest BCUT2D eigenvalue weighted by molar-refractivity contribution is 0.461. The second-order valence-corrected chi connectivity index (χ2v) is 5.47. The van der Waals surface area contributed by atoms with E-state index >= 15 is 0 Å². The van der Waals surface area contributed by atoms with Crippen molar-refractivity contribution in [1.82, 2.24) is 0 Å². The average molecular weight is 360 g/mol. The van der Waals surface area contributed by atoms with Crippen LogP contribution in [-0.4, -0.2) is 5.11 Å². The van der Waals surface area contributed by atoms with Crippen molar-refractivity contribution in [3.63, 3.8) is 0 Å². The summed E-state index contributed by atoms with van der Waals surface area (Å²) in [6, 6.07) is 5.71. The van der Waals surface area contributed by atoms with E-state index in [4.69, 9.17) is 0 Å². The SMILES string of the molecule is CCC(Nc1cc(F)cc(F)c1F)c1cc(Br)ccc1O. The number of phenols is 1. The van der Waals surface area contributed by atoms with Gasteiger partial charge in [-0.1, -0.05) is 22.9 Å². The molecule has 0 aliphatic heterocycles. The number of benzene rings is 2. The lowest BCUT2D eigenvalue weighted by atomic mass is 10.0. The van der Waals surface area contributed by atoms with Crippen molar-refractivity contribution in [3.05, 3.63) is 57.8 Å². The molecule has 0 radical (unpaired) electrons. The normalized spacial score (nSPS) is 12.2. The third kappa shape index (κ3) is 3.50. The van der Waals surface area contributed by atoms with Gasteiger partial charge in [0, 0.05) is 22.2 Å². The van der Waals surface area contributed by atoms with Crippen molar-refractivity contribution in [3.8, 4) is 5.75 Å². The molecule has 0 bridgehead atoms. The third-order valence-electron chi connectivity index (χ3n) is 3.10. The molecule has 0 aliphatic carbocycles. The van der Waals surface area contributed by atoms with Crippen molar-refractivity contribution in [2.24, 2.45) is 0 Å². The number of rotatable bonds is 4. The Bertz CT molecular complexity index is 664. The van der Waals surface area contributed by atoms with Crippen LogP contribution in [0.5, 0.6) is 5.75 Å². The summed E-state index contributed by atoms with van der Waals surface area (Å²) in [5.74, 6) is -3.25. The minimum atomic E-state index is -1.26. The van der Waals surface area contributed by atoms with E-state index in [0.717, 1.165) is 10.5 Å². The minimum Gasteiger partial charge on any atom is -0.508 e. The fourth-order valence-electron chi connectivity index (χ4n) is 2.05. The molecule has 0 aliphatic rings. The maximum Gasteiger partial charge on any atom is 0.182 e. The van der Waals surface area contributed by atoms with Crippen LogP contribution in [0, 0.1) is 17.5 Å². The van der Waals surface area contributed by atoms with Gasteiger partial charge in [-0.3, -0.25) is 0 Å². The second kappa shape index (κ2) is 6.39. The summed E-state index contributed by atoms with van der Waals surface area (Å²) in [5.41, 5.74) is 0.231. The molecule has 0 aromatic heterocycles. The lowest BCUT2D eigenvalue weighted by Gasteiger charge is -2.20. The van der Waals surface area contributed by atoms with Crippen LogP contribution in [-0.2, 0) is 0 Å². The van der Waals surface area contributed by atoms with Gasteiger partial charge in [0.25, 0.3) is 0 Å². The van der Waals surface area contributed by atoms with Crippen molar-refractivity contribution >= 4 is 21.6 Å². The Balaban J connectivity index is 2.38. The number of phenolic OH excluding ortho intramolecular Hbond substituents is 1. The topological polar surface area (TPSA) is 32.3 Å². The van der Waals surface area contributed by atoms with Gasteiger partial charge < -0.3 is 10.4 Å². The van der Waals surface area contributed by atoms with Crippen LogP contribution in [0.15, 0.2) is 34.8 Å². The van der Waals surface area contributed by atoms with E-state index in [2.05, 4.69) is 21.2 Å². The van der Waals surface area contributed by atoms with Crippen LogP contribution < -0.4 is 5.32 Å². The molecule has 112 valence electrons. The first-order valence-corrected chi connectivity index (χ1v) is 7.11. The maximum atomic E-state index is 13.7. The van der Waals surface area contributed by atoms with E-state index in [1.54, 1.807) is 12.1 Å². The van der Waals surface area contributed by atoms with Crippen LogP contribution in [0.25, 0.3) is 0 Å². The zero-order chi connectivity index (χ0) is 15.6. The van der Waals surface area contributed by atoms with Gasteiger partial charge in [-0.15, -0.1) is 0 Å². The number of anilines is 1. The van der Waals surface area contributed by atoms with Crippen LogP contribution in [0.1, 0.15) is 24.9 Å². The Morgan fingerprint density at radius 1 is 1.19 bits per heavy atom.